The number of aliphatic hydroxyl groups is 1. The third-order valence-corrected chi connectivity index (χ3v) is 10.3. The molecule has 1 aliphatic carbocycles. The molecule has 2 heterocycles. The van der Waals surface area contributed by atoms with Crippen LogP contribution in [0.4, 0.5) is 4.79 Å². The summed E-state index contributed by atoms with van der Waals surface area (Å²) in [6, 6.07) is 13.9. The van der Waals surface area contributed by atoms with Crippen LogP contribution in [0.5, 0.6) is 0 Å². The Morgan fingerprint density at radius 2 is 1.69 bits per heavy atom. The quantitative estimate of drug-likeness (QED) is 0.180. The lowest BCUT2D eigenvalue weighted by Gasteiger charge is -2.32. The first-order valence-electron chi connectivity index (χ1n) is 17.8. The molecule has 1 aromatic heterocycles. The van der Waals surface area contributed by atoms with Crippen molar-refractivity contribution in [3.8, 4) is 0 Å². The van der Waals surface area contributed by atoms with Crippen LogP contribution in [0, 0.1) is 11.8 Å². The number of nitrogens with zero attached hydrogens (tertiary/aromatic N) is 2. The number of nitrogens with two attached hydrogens (primary N) is 1. The Bertz CT molecular complexity index is 1260. The second-order valence-corrected chi connectivity index (χ2v) is 14.9. The van der Waals surface area contributed by atoms with Crippen LogP contribution in [-0.4, -0.2) is 82.1 Å². The minimum absolute atomic E-state index is 0.0489. The number of piperidine rings is 1. The standard InChI is InChI=1S/C37H55N5O5S/c1-26(2)23-31(41-36(45)33(25-28-13-7-4-8-14-28)47-37(46)42-20-16-29(38)17-21-42)35(44)40-30(24-27-11-5-3-6-12-27)32(43)18-22-48-34-15-9-10-19-39-34/h4,7-10,13-15,19,26-27,29-33,43H,3,5-6,11-12,16-18,20-25,38H2,1-2H3,(H,40,44)(H,41,45)/t30-,31-,32-,33-/m0/s1. The molecule has 2 fully saturated rings. The van der Waals surface area contributed by atoms with Gasteiger partial charge in [-0.1, -0.05) is 82.3 Å². The van der Waals surface area contributed by atoms with Gasteiger partial charge in [-0.05, 0) is 61.6 Å². The molecule has 1 saturated carbocycles. The molecule has 2 aromatic rings. The smallest absolute Gasteiger partial charge is 0.410 e. The second-order valence-electron chi connectivity index (χ2n) is 13.8. The van der Waals surface area contributed by atoms with Crippen molar-refractivity contribution in [2.75, 3.05) is 18.8 Å². The van der Waals surface area contributed by atoms with Gasteiger partial charge in [0.15, 0.2) is 6.10 Å². The molecular formula is C37H55N5O5S. The van der Waals surface area contributed by atoms with Crippen molar-refractivity contribution in [2.24, 2.45) is 17.6 Å². The lowest BCUT2D eigenvalue weighted by Crippen LogP contribution is -2.55. The predicted octanol–water partition coefficient (Wildman–Crippen LogP) is 5.08. The van der Waals surface area contributed by atoms with Gasteiger partial charge in [0.05, 0.1) is 17.2 Å². The number of ether oxygens (including phenoxy) is 1. The molecule has 4 rings (SSSR count). The first kappa shape index (κ1) is 37.7. The summed E-state index contributed by atoms with van der Waals surface area (Å²) in [5, 5.41) is 18.4. The van der Waals surface area contributed by atoms with Gasteiger partial charge in [-0.15, -0.1) is 11.8 Å². The van der Waals surface area contributed by atoms with E-state index in [0.29, 0.717) is 56.9 Å². The Balaban J connectivity index is 1.45. The number of likely N-dealkylation sites (tertiary alicyclic amines) is 1. The van der Waals surface area contributed by atoms with Crippen molar-refractivity contribution in [1.82, 2.24) is 20.5 Å². The SMILES string of the molecule is CC(C)C[C@H](NC(=O)[C@H](Cc1ccccc1)OC(=O)N1CCC(N)CC1)C(=O)N[C@@H](CC1CCCCC1)[C@@H](O)CCSc1ccccn1. The molecule has 10 nitrogen and oxygen atoms in total. The molecule has 1 saturated heterocycles. The Morgan fingerprint density at radius 1 is 0.979 bits per heavy atom. The molecular weight excluding hydrogens is 627 g/mol. The lowest BCUT2D eigenvalue weighted by molar-refractivity contribution is -0.135. The van der Waals surface area contributed by atoms with Crippen LogP contribution in [-0.2, 0) is 20.7 Å². The van der Waals surface area contributed by atoms with Crippen LogP contribution >= 0.6 is 11.8 Å². The highest BCUT2D eigenvalue weighted by molar-refractivity contribution is 7.99. The molecule has 1 aliphatic heterocycles. The second kappa shape index (κ2) is 19.7. The molecule has 0 bridgehead atoms. The van der Waals surface area contributed by atoms with E-state index in [2.05, 4.69) is 15.6 Å². The van der Waals surface area contributed by atoms with E-state index < -0.39 is 36.3 Å². The Labute approximate surface area is 290 Å². The van der Waals surface area contributed by atoms with Gasteiger partial charge < -0.3 is 31.1 Å². The first-order valence-corrected chi connectivity index (χ1v) is 18.7. The molecule has 0 radical (unpaired) electrons. The lowest BCUT2D eigenvalue weighted by atomic mass is 9.83. The van der Waals surface area contributed by atoms with E-state index in [4.69, 9.17) is 10.5 Å². The monoisotopic (exact) mass is 681 g/mol. The third-order valence-electron chi connectivity index (χ3n) is 9.34. The summed E-state index contributed by atoms with van der Waals surface area (Å²) in [7, 11) is 0. The maximum absolute atomic E-state index is 14.0. The predicted molar refractivity (Wildman–Crippen MR) is 189 cm³/mol. The minimum atomic E-state index is -1.12. The van der Waals surface area contributed by atoms with E-state index >= 15 is 0 Å². The summed E-state index contributed by atoms with van der Waals surface area (Å²) in [5.74, 6) is 0.350. The molecule has 0 spiro atoms. The third kappa shape index (κ3) is 12.7. The van der Waals surface area contributed by atoms with Crippen LogP contribution in [0.1, 0.15) is 83.6 Å². The fraction of sp³-hybridized carbons (Fsp3) is 0.622. The molecule has 1 aromatic carbocycles. The summed E-state index contributed by atoms with van der Waals surface area (Å²) >= 11 is 1.58. The van der Waals surface area contributed by atoms with Gasteiger partial charge in [-0.3, -0.25) is 9.59 Å². The number of benzene rings is 1. The summed E-state index contributed by atoms with van der Waals surface area (Å²) in [4.78, 5) is 46.9. The van der Waals surface area contributed by atoms with E-state index in [0.717, 1.165) is 36.3 Å². The number of hydrogen-bond donors (Lipinski definition) is 4. The number of pyridine rings is 1. The Morgan fingerprint density at radius 3 is 2.35 bits per heavy atom. The van der Waals surface area contributed by atoms with Gasteiger partial charge in [0.1, 0.15) is 6.04 Å². The molecule has 5 N–H and O–H groups in total. The number of nitrogens with one attached hydrogen (secondary N) is 2. The van der Waals surface area contributed by atoms with Gasteiger partial charge in [-0.2, -0.15) is 0 Å². The molecule has 0 unspecified atom stereocenters. The number of aromatic nitrogens is 1. The van der Waals surface area contributed by atoms with Crippen molar-refractivity contribution < 1.29 is 24.2 Å². The van der Waals surface area contributed by atoms with E-state index in [9.17, 15) is 19.5 Å². The van der Waals surface area contributed by atoms with E-state index in [-0.39, 0.29) is 24.3 Å². The number of aliphatic hydroxyl groups excluding tert-OH is 1. The van der Waals surface area contributed by atoms with E-state index in [1.165, 1.54) is 6.42 Å². The molecule has 3 amide bonds. The first-order chi connectivity index (χ1) is 23.2. The average Bonchev–Trinajstić information content (AvgIpc) is 3.08. The van der Waals surface area contributed by atoms with Crippen LogP contribution in [0.25, 0.3) is 0 Å². The number of amides is 3. The zero-order valence-electron chi connectivity index (χ0n) is 28.6. The topological polar surface area (TPSA) is 147 Å². The summed E-state index contributed by atoms with van der Waals surface area (Å²) in [5.41, 5.74) is 6.87. The van der Waals surface area contributed by atoms with Crippen molar-refractivity contribution >= 4 is 29.7 Å². The molecule has 4 atom stereocenters. The van der Waals surface area contributed by atoms with Crippen molar-refractivity contribution in [2.45, 2.75) is 120 Å². The van der Waals surface area contributed by atoms with E-state index in [1.807, 2.05) is 62.4 Å². The van der Waals surface area contributed by atoms with Crippen molar-refractivity contribution in [3.63, 3.8) is 0 Å². The van der Waals surface area contributed by atoms with Crippen LogP contribution in [0.15, 0.2) is 59.8 Å². The maximum atomic E-state index is 14.0. The maximum Gasteiger partial charge on any atom is 0.410 e. The zero-order valence-corrected chi connectivity index (χ0v) is 29.4. The molecule has 264 valence electrons. The number of hydrogen-bond acceptors (Lipinski definition) is 8. The summed E-state index contributed by atoms with van der Waals surface area (Å²) < 4.78 is 5.83. The van der Waals surface area contributed by atoms with Gasteiger partial charge in [0, 0.05) is 37.5 Å². The van der Waals surface area contributed by atoms with Crippen molar-refractivity contribution in [1.29, 1.82) is 0 Å². The average molecular weight is 682 g/mol. The summed E-state index contributed by atoms with van der Waals surface area (Å²) in [6.45, 7) is 4.95. The Kier molecular flexibility index (Phi) is 15.5. The summed E-state index contributed by atoms with van der Waals surface area (Å²) in [6.07, 6.45) is 8.17. The fourth-order valence-electron chi connectivity index (χ4n) is 6.56. The van der Waals surface area contributed by atoms with Crippen LogP contribution in [0.2, 0.25) is 0 Å². The van der Waals surface area contributed by atoms with Crippen LogP contribution in [0.3, 0.4) is 0 Å². The zero-order chi connectivity index (χ0) is 34.3. The molecule has 2 aliphatic rings. The largest absolute Gasteiger partial charge is 0.436 e. The highest BCUT2D eigenvalue weighted by atomic mass is 32.2. The van der Waals surface area contributed by atoms with Gasteiger partial charge in [0.25, 0.3) is 5.91 Å². The molecule has 11 heteroatoms. The number of thioether (sulfide) groups is 1. The van der Waals surface area contributed by atoms with Gasteiger partial charge in [-0.25, -0.2) is 9.78 Å². The minimum Gasteiger partial charge on any atom is -0.436 e. The fourth-order valence-corrected chi connectivity index (χ4v) is 7.44. The number of carbonyl (C=O) groups is 3. The van der Waals surface area contributed by atoms with E-state index in [1.54, 1.807) is 22.9 Å². The highest BCUT2D eigenvalue weighted by Crippen LogP contribution is 2.29. The number of rotatable bonds is 16. The van der Waals surface area contributed by atoms with Gasteiger partial charge in [0.2, 0.25) is 5.91 Å². The number of carbonyl (C=O) groups excluding carboxylic acids is 3. The van der Waals surface area contributed by atoms with Crippen LogP contribution < -0.4 is 16.4 Å². The highest BCUT2D eigenvalue weighted by Gasteiger charge is 2.33. The normalized spacial score (nSPS) is 18.5. The van der Waals surface area contributed by atoms with Gasteiger partial charge >= 0.3 is 6.09 Å². The Hall–Kier alpha value is -3.15. The van der Waals surface area contributed by atoms with Crippen molar-refractivity contribution in [3.05, 3.63) is 60.3 Å². The molecule has 48 heavy (non-hydrogen) atoms.